The van der Waals surface area contributed by atoms with Gasteiger partial charge in [0.15, 0.2) is 0 Å². The quantitative estimate of drug-likeness (QED) is 0.587. The summed E-state index contributed by atoms with van der Waals surface area (Å²) in [6, 6.07) is 15.8. The Labute approximate surface area is 129 Å². The predicted molar refractivity (Wildman–Crippen MR) is 93.5 cm³/mol. The number of halogens is 1. The van der Waals surface area contributed by atoms with Gasteiger partial charge in [0.25, 0.3) is 0 Å². The Balaban J connectivity index is 2.49. The zero-order valence-corrected chi connectivity index (χ0v) is 14.5. The first kappa shape index (κ1) is 15.3. The van der Waals surface area contributed by atoms with Gasteiger partial charge in [0.2, 0.25) is 0 Å². The van der Waals surface area contributed by atoms with Crippen LogP contribution in [0.25, 0.3) is 0 Å². The molecule has 1 atom stereocenters. The maximum absolute atomic E-state index is 6.36. The fraction of sp³-hybridized carbons (Fsp3) is 0.333. The highest BCUT2D eigenvalue weighted by Crippen LogP contribution is 2.08. The van der Waals surface area contributed by atoms with E-state index < -0.39 is 8.80 Å². The maximum Gasteiger partial charge on any atom is 0.118 e. The van der Waals surface area contributed by atoms with E-state index in [9.17, 15) is 0 Å². The molecule has 0 amide bonds. The lowest BCUT2D eigenvalue weighted by molar-refractivity contribution is 1.09. The van der Waals surface area contributed by atoms with E-state index in [0.717, 1.165) is 18.3 Å². The standard InChI is InChI=1S/C18H23ClSi/c1-4-15-10-16(5-2)12-17(11-15)20(13-19)18-9-7-6-8-14(18)3/h6-12,20H,4-5,13H2,1-3H3. The third kappa shape index (κ3) is 3.34. The monoisotopic (exact) mass is 302 g/mol. The van der Waals surface area contributed by atoms with Crippen LogP contribution in [0.15, 0.2) is 42.5 Å². The van der Waals surface area contributed by atoms with Crippen molar-refractivity contribution in [3.8, 4) is 0 Å². The lowest BCUT2D eigenvalue weighted by Crippen LogP contribution is -2.45. The Kier molecular flexibility index (Phi) is 5.44. The highest BCUT2D eigenvalue weighted by atomic mass is 35.5. The molecule has 1 unspecified atom stereocenters. The molecule has 106 valence electrons. The van der Waals surface area contributed by atoms with Crippen molar-refractivity contribution in [2.75, 3.05) is 5.50 Å². The molecule has 2 aromatic rings. The molecular weight excluding hydrogens is 280 g/mol. The van der Waals surface area contributed by atoms with Crippen molar-refractivity contribution in [2.45, 2.75) is 33.6 Å². The van der Waals surface area contributed by atoms with Crippen molar-refractivity contribution in [3.05, 3.63) is 59.2 Å². The lowest BCUT2D eigenvalue weighted by atomic mass is 10.1. The third-order valence-electron chi connectivity index (χ3n) is 4.01. The zero-order valence-electron chi connectivity index (χ0n) is 12.6. The summed E-state index contributed by atoms with van der Waals surface area (Å²) in [7, 11) is -1.29. The van der Waals surface area contributed by atoms with E-state index >= 15 is 0 Å². The van der Waals surface area contributed by atoms with Crippen LogP contribution in [0.4, 0.5) is 0 Å². The summed E-state index contributed by atoms with van der Waals surface area (Å²) in [5.74, 6) is 0. The van der Waals surface area contributed by atoms with Crippen LogP contribution in [0, 0.1) is 6.92 Å². The van der Waals surface area contributed by atoms with Crippen molar-refractivity contribution in [2.24, 2.45) is 0 Å². The molecule has 0 saturated heterocycles. The summed E-state index contributed by atoms with van der Waals surface area (Å²) >= 11 is 6.36. The van der Waals surface area contributed by atoms with Crippen molar-refractivity contribution in [1.82, 2.24) is 0 Å². The summed E-state index contributed by atoms with van der Waals surface area (Å²) in [5.41, 5.74) is 5.03. The Hall–Kier alpha value is -1.05. The maximum atomic E-state index is 6.36. The zero-order chi connectivity index (χ0) is 14.5. The number of hydrogen-bond acceptors (Lipinski definition) is 0. The van der Waals surface area contributed by atoms with E-state index in [2.05, 4.69) is 63.2 Å². The van der Waals surface area contributed by atoms with Crippen LogP contribution >= 0.6 is 11.6 Å². The molecule has 0 aliphatic rings. The van der Waals surface area contributed by atoms with E-state index in [1.54, 1.807) is 0 Å². The van der Waals surface area contributed by atoms with Crippen molar-refractivity contribution in [1.29, 1.82) is 0 Å². The molecule has 0 aliphatic heterocycles. The smallest absolute Gasteiger partial charge is 0.118 e. The van der Waals surface area contributed by atoms with E-state index in [4.69, 9.17) is 11.6 Å². The van der Waals surface area contributed by atoms with Gasteiger partial charge in [0, 0.05) is 5.50 Å². The second-order valence-electron chi connectivity index (χ2n) is 5.35. The topological polar surface area (TPSA) is 0 Å². The van der Waals surface area contributed by atoms with E-state index in [1.165, 1.54) is 27.1 Å². The van der Waals surface area contributed by atoms with Crippen LogP contribution in [0.3, 0.4) is 0 Å². The van der Waals surface area contributed by atoms with E-state index in [0.29, 0.717) is 0 Å². The van der Waals surface area contributed by atoms with Crippen LogP contribution in [0.2, 0.25) is 0 Å². The van der Waals surface area contributed by atoms with Crippen LogP contribution in [0.5, 0.6) is 0 Å². The van der Waals surface area contributed by atoms with Crippen LogP contribution in [-0.4, -0.2) is 14.3 Å². The molecule has 0 N–H and O–H groups in total. The summed E-state index contributed by atoms with van der Waals surface area (Å²) < 4.78 is 0. The minimum absolute atomic E-state index is 0.765. The van der Waals surface area contributed by atoms with Gasteiger partial charge in [-0.3, -0.25) is 0 Å². The summed E-state index contributed by atoms with van der Waals surface area (Å²) in [4.78, 5) is 0. The van der Waals surface area contributed by atoms with Crippen LogP contribution in [-0.2, 0) is 12.8 Å². The molecule has 0 spiro atoms. The van der Waals surface area contributed by atoms with Gasteiger partial charge in [-0.2, -0.15) is 0 Å². The molecule has 20 heavy (non-hydrogen) atoms. The van der Waals surface area contributed by atoms with Gasteiger partial charge in [-0.15, -0.1) is 11.6 Å². The van der Waals surface area contributed by atoms with Gasteiger partial charge in [-0.25, -0.2) is 0 Å². The SMILES string of the molecule is CCc1cc(CC)cc([SiH](CCl)c2ccccc2C)c1. The van der Waals surface area contributed by atoms with Gasteiger partial charge in [-0.1, -0.05) is 72.2 Å². The molecule has 0 aliphatic carbocycles. The fourth-order valence-corrected chi connectivity index (χ4v) is 6.29. The molecule has 0 aromatic heterocycles. The number of aryl methyl sites for hydroxylation is 3. The molecule has 0 radical (unpaired) electrons. The summed E-state index contributed by atoms with van der Waals surface area (Å²) in [6.07, 6.45) is 2.19. The number of alkyl halides is 1. The Bertz CT molecular complexity index is 555. The van der Waals surface area contributed by atoms with Gasteiger partial charge in [0.1, 0.15) is 8.80 Å². The highest BCUT2D eigenvalue weighted by molar-refractivity contribution is 6.89. The Morgan fingerprint density at radius 1 is 0.950 bits per heavy atom. The second-order valence-corrected chi connectivity index (χ2v) is 8.98. The van der Waals surface area contributed by atoms with Gasteiger partial charge in [-0.05, 0) is 30.9 Å². The molecular formula is C18H23ClSi. The first-order valence-corrected chi connectivity index (χ1v) is 9.94. The predicted octanol–water partition coefficient (Wildman–Crippen LogP) is 3.24. The largest absolute Gasteiger partial charge is 0.130 e. The Morgan fingerprint density at radius 3 is 2.05 bits per heavy atom. The first-order chi connectivity index (χ1) is 9.69. The Morgan fingerprint density at radius 2 is 1.55 bits per heavy atom. The van der Waals surface area contributed by atoms with Crippen molar-refractivity contribution in [3.63, 3.8) is 0 Å². The van der Waals surface area contributed by atoms with E-state index in [1.807, 2.05) is 0 Å². The minimum atomic E-state index is -1.29. The molecule has 0 saturated carbocycles. The number of benzene rings is 2. The molecule has 2 rings (SSSR count). The normalized spacial score (nSPS) is 12.4. The molecule has 0 nitrogen and oxygen atoms in total. The number of rotatable bonds is 5. The third-order valence-corrected chi connectivity index (χ3v) is 7.78. The molecule has 2 heteroatoms. The average Bonchev–Trinajstić information content (AvgIpc) is 2.49. The van der Waals surface area contributed by atoms with E-state index in [-0.39, 0.29) is 0 Å². The van der Waals surface area contributed by atoms with Gasteiger partial charge < -0.3 is 0 Å². The average molecular weight is 303 g/mol. The summed E-state index contributed by atoms with van der Waals surface area (Å²) in [6.45, 7) is 6.65. The van der Waals surface area contributed by atoms with Crippen molar-refractivity contribution >= 4 is 30.8 Å². The minimum Gasteiger partial charge on any atom is -0.130 e. The molecule has 2 aromatic carbocycles. The van der Waals surface area contributed by atoms with Crippen LogP contribution in [0.1, 0.15) is 30.5 Å². The first-order valence-electron chi connectivity index (χ1n) is 7.43. The van der Waals surface area contributed by atoms with Gasteiger partial charge >= 0.3 is 0 Å². The molecule has 0 heterocycles. The molecule has 0 bridgehead atoms. The van der Waals surface area contributed by atoms with Crippen molar-refractivity contribution < 1.29 is 0 Å². The van der Waals surface area contributed by atoms with Gasteiger partial charge in [0.05, 0.1) is 0 Å². The highest BCUT2D eigenvalue weighted by Gasteiger charge is 2.17. The second kappa shape index (κ2) is 7.10. The van der Waals surface area contributed by atoms with Crippen LogP contribution < -0.4 is 10.4 Å². The fourth-order valence-electron chi connectivity index (χ4n) is 2.73. The lowest BCUT2D eigenvalue weighted by Gasteiger charge is -2.18. The summed E-state index contributed by atoms with van der Waals surface area (Å²) in [5, 5.41) is 2.98. The number of hydrogen-bond donors (Lipinski definition) is 0. The molecule has 0 fully saturated rings.